The Morgan fingerprint density at radius 3 is 2.44 bits per heavy atom. The number of halogens is 1. The third-order valence-corrected chi connectivity index (χ3v) is 7.09. The van der Waals surface area contributed by atoms with E-state index in [1.54, 1.807) is 12.1 Å². The monoisotopic (exact) mass is 458 g/mol. The Bertz CT molecular complexity index is 1260. The van der Waals surface area contributed by atoms with E-state index in [9.17, 15) is 4.39 Å². The van der Waals surface area contributed by atoms with E-state index in [1.165, 1.54) is 11.6 Å². The molecule has 5 rings (SSSR count). The van der Waals surface area contributed by atoms with Crippen LogP contribution in [0.25, 0.3) is 22.3 Å². The van der Waals surface area contributed by atoms with Gasteiger partial charge in [-0.3, -0.25) is 4.98 Å². The summed E-state index contributed by atoms with van der Waals surface area (Å²) in [5, 5.41) is 9.84. The van der Waals surface area contributed by atoms with Gasteiger partial charge in [-0.05, 0) is 105 Å². The minimum Gasteiger partial charge on any atom is -0.491 e. The maximum Gasteiger partial charge on any atom is 0.161 e. The van der Waals surface area contributed by atoms with E-state index in [1.807, 2.05) is 44.3 Å². The Hall–Kier alpha value is -3.28. The van der Waals surface area contributed by atoms with Gasteiger partial charge in [0, 0.05) is 23.1 Å². The number of nitrogens with one attached hydrogen (secondary N) is 1. The lowest BCUT2D eigenvalue weighted by Crippen LogP contribution is -2.19. The van der Waals surface area contributed by atoms with Crippen LogP contribution in [-0.4, -0.2) is 26.3 Å². The molecule has 2 aromatic heterocycles. The average Bonchev–Trinajstić information content (AvgIpc) is 3.34. The van der Waals surface area contributed by atoms with Crippen LogP contribution in [0.5, 0.6) is 5.75 Å². The molecule has 0 spiro atoms. The molecular weight excluding hydrogens is 427 g/mol. The van der Waals surface area contributed by atoms with E-state index >= 15 is 0 Å². The highest BCUT2D eigenvalue weighted by Crippen LogP contribution is 2.42. The van der Waals surface area contributed by atoms with Gasteiger partial charge in [-0.15, -0.1) is 10.2 Å². The van der Waals surface area contributed by atoms with Crippen LogP contribution in [0.15, 0.2) is 54.7 Å². The largest absolute Gasteiger partial charge is 0.491 e. The highest BCUT2D eigenvalue weighted by molar-refractivity contribution is 5.82. The van der Waals surface area contributed by atoms with Gasteiger partial charge in [0.05, 0.1) is 11.6 Å². The maximum atomic E-state index is 13.9. The number of benzene rings is 2. The van der Waals surface area contributed by atoms with E-state index in [0.29, 0.717) is 17.8 Å². The number of hydrogen-bond donors (Lipinski definition) is 1. The summed E-state index contributed by atoms with van der Waals surface area (Å²) in [5.74, 6) is 3.67. The second-order valence-electron chi connectivity index (χ2n) is 9.71. The van der Waals surface area contributed by atoms with E-state index < -0.39 is 0 Å². The van der Waals surface area contributed by atoms with Gasteiger partial charge < -0.3 is 9.72 Å². The lowest BCUT2D eigenvalue weighted by Gasteiger charge is -2.32. The van der Waals surface area contributed by atoms with Gasteiger partial charge in [-0.2, -0.15) is 0 Å². The maximum absolute atomic E-state index is 13.9. The first kappa shape index (κ1) is 22.5. The second kappa shape index (κ2) is 9.53. The van der Waals surface area contributed by atoms with Gasteiger partial charge in [-0.1, -0.05) is 6.92 Å². The molecule has 2 heterocycles. The minimum absolute atomic E-state index is 0.150. The first-order chi connectivity index (χ1) is 16.5. The molecule has 0 unspecified atom stereocenters. The van der Waals surface area contributed by atoms with E-state index in [0.717, 1.165) is 59.5 Å². The van der Waals surface area contributed by atoms with E-state index in [4.69, 9.17) is 4.74 Å². The molecule has 4 aromatic rings. The molecule has 5 nitrogen and oxygen atoms in total. The number of fused-ring (bicyclic) bond motifs is 1. The highest BCUT2D eigenvalue weighted by Gasteiger charge is 2.29. The second-order valence-corrected chi connectivity index (χ2v) is 9.71. The van der Waals surface area contributed by atoms with Crippen molar-refractivity contribution in [3.8, 4) is 17.1 Å². The molecule has 2 aromatic carbocycles. The Morgan fingerprint density at radius 1 is 0.941 bits per heavy atom. The van der Waals surface area contributed by atoms with Crippen LogP contribution in [0.2, 0.25) is 0 Å². The number of pyridine rings is 1. The fourth-order valence-corrected chi connectivity index (χ4v) is 5.22. The Balaban J connectivity index is 1.25. The number of hydrogen-bond acceptors (Lipinski definition) is 4. The average molecular weight is 459 g/mol. The molecule has 1 aliphatic rings. The zero-order valence-electron chi connectivity index (χ0n) is 20.0. The van der Waals surface area contributed by atoms with Gasteiger partial charge in [0.15, 0.2) is 5.82 Å². The van der Waals surface area contributed by atoms with Crippen molar-refractivity contribution < 1.29 is 9.13 Å². The molecule has 176 valence electrons. The lowest BCUT2D eigenvalue weighted by atomic mass is 9.73. The minimum atomic E-state index is -0.202. The topological polar surface area (TPSA) is 63.7 Å². The van der Waals surface area contributed by atoms with Crippen molar-refractivity contribution >= 4 is 10.9 Å². The number of ether oxygens (including phenoxy) is 1. The van der Waals surface area contributed by atoms with Crippen molar-refractivity contribution in [3.63, 3.8) is 0 Å². The van der Waals surface area contributed by atoms with Crippen LogP contribution in [0, 0.1) is 11.7 Å². The first-order valence-corrected chi connectivity index (χ1v) is 12.2. The molecule has 0 bridgehead atoms. The molecule has 0 aliphatic heterocycles. The van der Waals surface area contributed by atoms with Gasteiger partial charge in [0.1, 0.15) is 17.4 Å². The van der Waals surface area contributed by atoms with Crippen LogP contribution in [0.3, 0.4) is 0 Å². The van der Waals surface area contributed by atoms with Crippen molar-refractivity contribution in [1.29, 1.82) is 0 Å². The highest BCUT2D eigenvalue weighted by atomic mass is 19.1. The fourth-order valence-electron chi connectivity index (χ4n) is 5.22. The molecule has 0 radical (unpaired) electrons. The van der Waals surface area contributed by atoms with E-state index in [2.05, 4.69) is 33.2 Å². The van der Waals surface area contributed by atoms with Gasteiger partial charge >= 0.3 is 0 Å². The summed E-state index contributed by atoms with van der Waals surface area (Å²) >= 11 is 0. The zero-order chi connectivity index (χ0) is 23.7. The van der Waals surface area contributed by atoms with E-state index in [-0.39, 0.29) is 11.9 Å². The Labute approximate surface area is 199 Å². The number of nitrogens with zero attached hydrogens (tertiary/aromatic N) is 3. The molecular formula is C28H31FN4O. The van der Waals surface area contributed by atoms with Crippen LogP contribution in [0.4, 0.5) is 4.39 Å². The molecule has 1 fully saturated rings. The molecule has 1 atom stereocenters. The first-order valence-electron chi connectivity index (χ1n) is 12.2. The summed E-state index contributed by atoms with van der Waals surface area (Å²) in [7, 11) is 0. The zero-order valence-corrected chi connectivity index (χ0v) is 20.0. The van der Waals surface area contributed by atoms with Crippen LogP contribution < -0.4 is 4.74 Å². The predicted octanol–water partition coefficient (Wildman–Crippen LogP) is 7.02. The van der Waals surface area contributed by atoms with Crippen LogP contribution >= 0.6 is 0 Å². The van der Waals surface area contributed by atoms with Gasteiger partial charge in [0.25, 0.3) is 0 Å². The molecule has 0 amide bonds. The number of H-pyrrole nitrogens is 1. The molecule has 1 N–H and O–H groups in total. The molecule has 34 heavy (non-hydrogen) atoms. The third-order valence-electron chi connectivity index (χ3n) is 7.09. The van der Waals surface area contributed by atoms with Crippen molar-refractivity contribution in [2.24, 2.45) is 5.92 Å². The van der Waals surface area contributed by atoms with Crippen molar-refractivity contribution in [2.75, 3.05) is 0 Å². The predicted molar refractivity (Wildman–Crippen MR) is 132 cm³/mol. The summed E-state index contributed by atoms with van der Waals surface area (Å²) in [6.45, 7) is 6.28. The molecule has 6 heteroatoms. The SMILES string of the molecule is CC(C)Oc1ccc(-c2nnc([C@H](C)C3CCC(c4ccnc5ccc(F)cc45)CC3)[nH]2)cc1. The quantitative estimate of drug-likeness (QED) is 0.337. The van der Waals surface area contributed by atoms with Crippen LogP contribution in [0.1, 0.15) is 69.7 Å². The van der Waals surface area contributed by atoms with Gasteiger partial charge in [-0.25, -0.2) is 4.39 Å². The van der Waals surface area contributed by atoms with Crippen LogP contribution in [-0.2, 0) is 0 Å². The summed E-state index contributed by atoms with van der Waals surface area (Å²) in [6, 6.07) is 14.9. The van der Waals surface area contributed by atoms with Crippen molar-refractivity contribution in [3.05, 3.63) is 71.9 Å². The van der Waals surface area contributed by atoms with Gasteiger partial charge in [0.2, 0.25) is 0 Å². The third kappa shape index (κ3) is 4.67. The fraction of sp³-hybridized carbons (Fsp3) is 0.393. The molecule has 1 saturated carbocycles. The summed E-state index contributed by atoms with van der Waals surface area (Å²) in [6.07, 6.45) is 6.40. The number of aromatic amines is 1. The summed E-state index contributed by atoms with van der Waals surface area (Å²) < 4.78 is 19.6. The van der Waals surface area contributed by atoms with Crippen molar-refractivity contribution in [1.82, 2.24) is 20.2 Å². The Kier molecular flexibility index (Phi) is 6.31. The van der Waals surface area contributed by atoms with Crippen molar-refractivity contribution in [2.45, 2.75) is 64.4 Å². The number of rotatable bonds is 6. The smallest absolute Gasteiger partial charge is 0.161 e. The normalized spacial score (nSPS) is 19.4. The Morgan fingerprint density at radius 2 is 1.71 bits per heavy atom. The summed E-state index contributed by atoms with van der Waals surface area (Å²) in [4.78, 5) is 7.86. The standard InChI is InChI=1S/C28H31FN4O/c1-17(2)34-23-11-8-21(9-12-23)28-31-27(32-33-28)18(3)19-4-6-20(7-5-19)24-14-15-30-26-13-10-22(29)16-25(24)26/h8-20H,4-7H2,1-3H3,(H,31,32,33)/t18-,19?,20?/m1/s1. The number of aromatic nitrogens is 4. The summed E-state index contributed by atoms with van der Waals surface area (Å²) in [5.41, 5.74) is 3.09. The molecule has 1 aliphatic carbocycles. The molecule has 0 saturated heterocycles. The lowest BCUT2D eigenvalue weighted by molar-refractivity contribution is 0.242.